The third-order valence-corrected chi connectivity index (χ3v) is 12.9. The predicted molar refractivity (Wildman–Crippen MR) is 221 cm³/mol. The Labute approximate surface area is 316 Å². The Bertz CT molecular complexity index is 2010. The Morgan fingerprint density at radius 2 is 1.08 bits per heavy atom. The number of amidine groups is 2. The summed E-state index contributed by atoms with van der Waals surface area (Å²) in [6.45, 7) is 3.64. The fraction of sp³-hybridized carbons (Fsp3) is 0.238. The first-order valence-electron chi connectivity index (χ1n) is 17.8. The fourth-order valence-corrected chi connectivity index (χ4v) is 10.2. The van der Waals surface area contributed by atoms with Crippen LogP contribution in [-0.4, -0.2) is 49.4 Å². The van der Waals surface area contributed by atoms with Crippen LogP contribution in [0.25, 0.3) is 0 Å². The third kappa shape index (κ3) is 8.98. The number of hydrogen-bond donors (Lipinski definition) is 1. The van der Waals surface area contributed by atoms with E-state index >= 15 is 0 Å². The van der Waals surface area contributed by atoms with E-state index in [0.29, 0.717) is 11.5 Å². The molecule has 7 rings (SSSR count). The van der Waals surface area contributed by atoms with Gasteiger partial charge in [0.05, 0.1) is 16.3 Å². The molecule has 7 nitrogen and oxygen atoms in total. The van der Waals surface area contributed by atoms with Crippen molar-refractivity contribution in [2.75, 3.05) is 34.4 Å². The van der Waals surface area contributed by atoms with E-state index in [4.69, 9.17) is 9.98 Å². The molecule has 0 bridgehead atoms. The van der Waals surface area contributed by atoms with Crippen LogP contribution < -0.4 is 14.5 Å². The highest BCUT2D eigenvalue weighted by atomic mass is 32.2. The maximum atomic E-state index is 13.9. The minimum Gasteiger partial charge on any atom is -0.321 e. The van der Waals surface area contributed by atoms with Crippen LogP contribution in [0.15, 0.2) is 148 Å². The van der Waals surface area contributed by atoms with Crippen molar-refractivity contribution in [1.82, 2.24) is 4.72 Å². The van der Waals surface area contributed by atoms with Gasteiger partial charge in [0, 0.05) is 42.0 Å². The van der Waals surface area contributed by atoms with E-state index in [9.17, 15) is 8.42 Å². The number of thioether (sulfide) groups is 2. The Morgan fingerprint density at radius 1 is 0.635 bits per heavy atom. The smallest absolute Gasteiger partial charge is 0.240 e. The normalized spacial score (nSPS) is 15.6. The summed E-state index contributed by atoms with van der Waals surface area (Å²) in [5.41, 5.74) is 7.64. The summed E-state index contributed by atoms with van der Waals surface area (Å²) < 4.78 is 31.0. The number of aryl methyl sites for hydroxylation is 3. The molecule has 2 aliphatic heterocycles. The number of nitrogens with zero attached hydrogens (tertiary/aromatic N) is 4. The molecule has 0 atom stereocenters. The summed E-state index contributed by atoms with van der Waals surface area (Å²) in [7, 11) is -3.82. The summed E-state index contributed by atoms with van der Waals surface area (Å²) in [5.74, 6) is 0.940. The number of sulfonamides is 1. The average Bonchev–Trinajstić information content (AvgIpc) is 3.18. The molecule has 266 valence electrons. The molecular weight excluding hydrogens is 703 g/mol. The van der Waals surface area contributed by atoms with Gasteiger partial charge in [0.25, 0.3) is 0 Å². The predicted octanol–water partition coefficient (Wildman–Crippen LogP) is 9.39. The molecule has 52 heavy (non-hydrogen) atoms. The second-order valence-corrected chi connectivity index (χ2v) is 16.7. The molecule has 0 amide bonds. The van der Waals surface area contributed by atoms with Gasteiger partial charge in [0.1, 0.15) is 0 Å². The van der Waals surface area contributed by atoms with E-state index < -0.39 is 16.1 Å². The maximum Gasteiger partial charge on any atom is 0.240 e. The first-order valence-corrected chi connectivity index (χ1v) is 21.2. The molecular formula is C42H43N5O2S3. The lowest BCUT2D eigenvalue weighted by molar-refractivity contribution is 0.572. The van der Waals surface area contributed by atoms with Gasteiger partial charge in [-0.15, -0.1) is 0 Å². The fourth-order valence-electron chi connectivity index (χ4n) is 6.50. The van der Waals surface area contributed by atoms with Gasteiger partial charge >= 0.3 is 0 Å². The molecule has 0 fully saturated rings. The van der Waals surface area contributed by atoms with Gasteiger partial charge in [0.15, 0.2) is 10.3 Å². The summed E-state index contributed by atoms with van der Waals surface area (Å²) in [4.78, 5) is 15.2. The van der Waals surface area contributed by atoms with E-state index in [1.54, 1.807) is 35.7 Å². The Kier molecular flexibility index (Phi) is 11.8. The molecule has 0 saturated carbocycles. The van der Waals surface area contributed by atoms with Crippen LogP contribution in [0.1, 0.15) is 29.5 Å². The van der Waals surface area contributed by atoms with Crippen molar-refractivity contribution in [3.63, 3.8) is 0 Å². The van der Waals surface area contributed by atoms with Crippen molar-refractivity contribution in [3.05, 3.63) is 150 Å². The van der Waals surface area contributed by atoms with Crippen LogP contribution in [0.4, 0.5) is 22.7 Å². The molecule has 5 aromatic carbocycles. The zero-order chi connectivity index (χ0) is 35.8. The number of nitrogens with one attached hydrogen (secondary N) is 1. The minimum absolute atomic E-state index is 0.254. The van der Waals surface area contributed by atoms with Gasteiger partial charge in [-0.3, -0.25) is 0 Å². The number of hydrogen-bond acceptors (Lipinski definition) is 6. The second kappa shape index (κ2) is 17.0. The van der Waals surface area contributed by atoms with E-state index in [-0.39, 0.29) is 4.90 Å². The van der Waals surface area contributed by atoms with Crippen LogP contribution in [0.5, 0.6) is 0 Å². The lowest BCUT2D eigenvalue weighted by Gasteiger charge is -2.33. The molecule has 10 heteroatoms. The molecule has 2 heterocycles. The van der Waals surface area contributed by atoms with E-state index in [0.717, 1.165) is 77.4 Å². The van der Waals surface area contributed by atoms with Gasteiger partial charge < -0.3 is 9.80 Å². The zero-order valence-electron chi connectivity index (χ0n) is 29.3. The minimum atomic E-state index is -3.82. The molecule has 0 spiro atoms. The highest BCUT2D eigenvalue weighted by molar-refractivity contribution is 8.15. The summed E-state index contributed by atoms with van der Waals surface area (Å²) in [5, 5.41) is 1.71. The number of para-hydroxylation sites is 4. The summed E-state index contributed by atoms with van der Waals surface area (Å²) in [6.07, 6.45) is 4.08. The SMILES string of the molecule is Cc1ccc(S(=O)(=O)NC(CSC(=Nc2ccccc2)N2CCCc3ccccc32)CSC(=Nc2ccccc2)N2CCCc3ccccc32)cc1. The number of benzene rings is 5. The molecule has 0 unspecified atom stereocenters. The van der Waals surface area contributed by atoms with Gasteiger partial charge in [-0.05, 0) is 92.3 Å². The summed E-state index contributed by atoms with van der Waals surface area (Å²) >= 11 is 3.19. The highest BCUT2D eigenvalue weighted by Gasteiger charge is 2.27. The van der Waals surface area contributed by atoms with Gasteiger partial charge in [0.2, 0.25) is 10.0 Å². The number of rotatable bonds is 9. The van der Waals surface area contributed by atoms with Crippen LogP contribution in [-0.2, 0) is 22.9 Å². The third-order valence-electron chi connectivity index (χ3n) is 9.12. The van der Waals surface area contributed by atoms with Crippen LogP contribution in [0.3, 0.4) is 0 Å². The lowest BCUT2D eigenvalue weighted by Crippen LogP contribution is -2.41. The topological polar surface area (TPSA) is 77.4 Å². The van der Waals surface area contributed by atoms with Gasteiger partial charge in [-0.2, -0.15) is 0 Å². The van der Waals surface area contributed by atoms with Crippen molar-refractivity contribution < 1.29 is 8.42 Å². The highest BCUT2D eigenvalue weighted by Crippen LogP contribution is 2.33. The molecule has 0 aromatic heterocycles. The first kappa shape index (κ1) is 36.0. The maximum absolute atomic E-state index is 13.9. The second-order valence-electron chi connectivity index (χ2n) is 13.0. The van der Waals surface area contributed by atoms with Gasteiger partial charge in [-0.1, -0.05) is 114 Å². The summed E-state index contributed by atoms with van der Waals surface area (Å²) in [6, 6.07) is 43.6. The average molecular weight is 746 g/mol. The molecule has 1 N–H and O–H groups in total. The molecule has 0 saturated heterocycles. The van der Waals surface area contributed by atoms with Crippen LogP contribution in [0.2, 0.25) is 0 Å². The van der Waals surface area contributed by atoms with E-state index in [1.165, 1.54) is 11.1 Å². The van der Waals surface area contributed by atoms with Gasteiger partial charge in [-0.25, -0.2) is 23.1 Å². The zero-order valence-corrected chi connectivity index (χ0v) is 31.7. The Hall–Kier alpha value is -4.35. The van der Waals surface area contributed by atoms with E-state index in [2.05, 4.69) is 63.1 Å². The number of anilines is 2. The molecule has 5 aromatic rings. The van der Waals surface area contributed by atoms with Crippen molar-refractivity contribution in [2.45, 2.75) is 43.5 Å². The van der Waals surface area contributed by atoms with Crippen molar-refractivity contribution in [1.29, 1.82) is 0 Å². The van der Waals surface area contributed by atoms with Crippen LogP contribution >= 0.6 is 23.5 Å². The monoisotopic (exact) mass is 745 g/mol. The Morgan fingerprint density at radius 3 is 1.56 bits per heavy atom. The van der Waals surface area contributed by atoms with Crippen molar-refractivity contribution >= 4 is 66.6 Å². The lowest BCUT2D eigenvalue weighted by atomic mass is 10.0. The molecule has 2 aliphatic rings. The van der Waals surface area contributed by atoms with Crippen LogP contribution in [0, 0.1) is 6.92 Å². The number of aliphatic imine (C=N–C) groups is 2. The molecule has 0 radical (unpaired) electrons. The standard InChI is InChI=1S/C42H43N5O2S3/c1-32-24-26-38(27-25-32)52(48,49)45-37(30-50-41(43-35-18-4-2-5-19-35)46-28-12-16-33-14-8-10-22-39(33)46)31-51-42(44-36-20-6-3-7-21-36)47-29-13-17-34-15-9-11-23-40(34)47/h2-11,14-15,18-27,37,45H,12-13,16-17,28-31H2,1H3. The Balaban J connectivity index is 1.21. The quantitative estimate of drug-likeness (QED) is 0.120. The number of fused-ring (bicyclic) bond motifs is 2. The van der Waals surface area contributed by atoms with E-state index in [1.807, 2.05) is 79.7 Å². The largest absolute Gasteiger partial charge is 0.321 e. The first-order chi connectivity index (χ1) is 25.4. The molecule has 0 aliphatic carbocycles. The van der Waals surface area contributed by atoms with Crippen molar-refractivity contribution in [3.8, 4) is 0 Å². The van der Waals surface area contributed by atoms with Crippen molar-refractivity contribution in [2.24, 2.45) is 9.98 Å².